The second kappa shape index (κ2) is 7.23. The standard InChI is InChI=1S/C15H8F4N4OS/c16-9-3-1-8(2-4-9)13(24)23-14(25)22-10-5-11(15(17,18)19)12(6-20)21-7-10/h1-5,7H,(H2,22,23,24,25). The number of anilines is 1. The first-order valence-corrected chi connectivity index (χ1v) is 6.97. The van der Waals surface area contributed by atoms with Crippen LogP contribution in [-0.2, 0) is 6.18 Å². The molecule has 1 amide bonds. The van der Waals surface area contributed by atoms with E-state index in [2.05, 4.69) is 15.6 Å². The number of hydrogen-bond donors (Lipinski definition) is 2. The van der Waals surface area contributed by atoms with E-state index in [1.54, 1.807) is 0 Å². The van der Waals surface area contributed by atoms with Gasteiger partial charge in [-0.05, 0) is 42.5 Å². The molecule has 0 aliphatic heterocycles. The second-order valence-electron chi connectivity index (χ2n) is 4.64. The Morgan fingerprint density at radius 2 is 1.88 bits per heavy atom. The zero-order valence-corrected chi connectivity index (χ0v) is 13.0. The average molecular weight is 368 g/mol. The molecular weight excluding hydrogens is 360 g/mol. The normalized spacial score (nSPS) is 10.7. The Labute approximate surface area is 144 Å². The molecule has 128 valence electrons. The SMILES string of the molecule is N#Cc1ncc(NC(=S)NC(=O)c2ccc(F)cc2)cc1C(F)(F)F. The van der Waals surface area contributed by atoms with Crippen LogP contribution in [0.15, 0.2) is 36.5 Å². The van der Waals surface area contributed by atoms with Gasteiger partial charge in [-0.15, -0.1) is 0 Å². The van der Waals surface area contributed by atoms with Crippen LogP contribution in [0, 0.1) is 17.1 Å². The first-order valence-electron chi connectivity index (χ1n) is 6.56. The molecule has 0 bridgehead atoms. The second-order valence-corrected chi connectivity index (χ2v) is 5.05. The van der Waals surface area contributed by atoms with Crippen LogP contribution in [-0.4, -0.2) is 16.0 Å². The number of nitrogens with zero attached hydrogens (tertiary/aromatic N) is 2. The van der Waals surface area contributed by atoms with Gasteiger partial charge in [0.05, 0.1) is 17.4 Å². The van der Waals surface area contributed by atoms with Crippen LogP contribution < -0.4 is 10.6 Å². The summed E-state index contributed by atoms with van der Waals surface area (Å²) in [6.45, 7) is 0. The van der Waals surface area contributed by atoms with Gasteiger partial charge in [-0.1, -0.05) is 0 Å². The fourth-order valence-corrected chi connectivity index (χ4v) is 1.99. The van der Waals surface area contributed by atoms with Gasteiger partial charge >= 0.3 is 6.18 Å². The molecule has 10 heteroatoms. The Morgan fingerprint density at radius 3 is 2.44 bits per heavy atom. The van der Waals surface area contributed by atoms with Crippen LogP contribution in [0.5, 0.6) is 0 Å². The molecule has 2 aromatic rings. The average Bonchev–Trinajstić information content (AvgIpc) is 2.54. The molecule has 5 nitrogen and oxygen atoms in total. The number of benzene rings is 1. The number of nitriles is 1. The number of nitrogens with one attached hydrogen (secondary N) is 2. The number of pyridine rings is 1. The van der Waals surface area contributed by atoms with Crippen molar-refractivity contribution in [2.24, 2.45) is 0 Å². The highest BCUT2D eigenvalue weighted by molar-refractivity contribution is 7.80. The summed E-state index contributed by atoms with van der Waals surface area (Å²) < 4.78 is 51.4. The fraction of sp³-hybridized carbons (Fsp3) is 0.0667. The van der Waals surface area contributed by atoms with Crippen molar-refractivity contribution in [3.8, 4) is 6.07 Å². The summed E-state index contributed by atoms with van der Waals surface area (Å²) in [5.41, 5.74) is -2.05. The Morgan fingerprint density at radius 1 is 1.24 bits per heavy atom. The summed E-state index contributed by atoms with van der Waals surface area (Å²) in [6, 6.07) is 6.59. The minimum atomic E-state index is -4.77. The van der Waals surface area contributed by atoms with Crippen molar-refractivity contribution in [2.45, 2.75) is 6.18 Å². The van der Waals surface area contributed by atoms with Crippen molar-refractivity contribution in [2.75, 3.05) is 5.32 Å². The number of rotatable bonds is 2. The third-order valence-electron chi connectivity index (χ3n) is 2.89. The smallest absolute Gasteiger partial charge is 0.331 e. The molecule has 1 aromatic heterocycles. The quantitative estimate of drug-likeness (QED) is 0.629. The van der Waals surface area contributed by atoms with Gasteiger partial charge in [0.25, 0.3) is 5.91 Å². The van der Waals surface area contributed by atoms with Crippen LogP contribution in [0.2, 0.25) is 0 Å². The van der Waals surface area contributed by atoms with E-state index in [9.17, 15) is 22.4 Å². The zero-order valence-electron chi connectivity index (χ0n) is 12.2. The highest BCUT2D eigenvalue weighted by Crippen LogP contribution is 2.32. The first-order chi connectivity index (χ1) is 11.7. The number of amides is 1. The highest BCUT2D eigenvalue weighted by Gasteiger charge is 2.34. The van der Waals surface area contributed by atoms with Crippen molar-refractivity contribution in [1.29, 1.82) is 5.26 Å². The molecule has 0 unspecified atom stereocenters. The van der Waals surface area contributed by atoms with E-state index in [0.29, 0.717) is 6.07 Å². The molecule has 0 fully saturated rings. The summed E-state index contributed by atoms with van der Waals surface area (Å²) in [6.07, 6.45) is -3.79. The van der Waals surface area contributed by atoms with Gasteiger partial charge in [-0.2, -0.15) is 18.4 Å². The van der Waals surface area contributed by atoms with Gasteiger partial charge in [-0.25, -0.2) is 9.37 Å². The lowest BCUT2D eigenvalue weighted by molar-refractivity contribution is -0.138. The van der Waals surface area contributed by atoms with E-state index < -0.39 is 29.2 Å². The maximum atomic E-state index is 12.9. The molecule has 2 N–H and O–H groups in total. The monoisotopic (exact) mass is 368 g/mol. The fourth-order valence-electron chi connectivity index (χ4n) is 1.78. The van der Waals surface area contributed by atoms with Crippen molar-refractivity contribution < 1.29 is 22.4 Å². The lowest BCUT2D eigenvalue weighted by atomic mass is 10.2. The van der Waals surface area contributed by atoms with E-state index in [4.69, 9.17) is 17.5 Å². The minimum absolute atomic E-state index is 0.111. The molecule has 2 rings (SSSR count). The molecule has 0 radical (unpaired) electrons. The molecule has 1 heterocycles. The van der Waals surface area contributed by atoms with Crippen molar-refractivity contribution >= 4 is 28.9 Å². The summed E-state index contributed by atoms with van der Waals surface area (Å²) >= 11 is 4.84. The zero-order chi connectivity index (χ0) is 18.6. The predicted octanol–water partition coefficient (Wildman–Crippen LogP) is 3.24. The van der Waals surface area contributed by atoms with Crippen LogP contribution in [0.3, 0.4) is 0 Å². The molecule has 0 aliphatic rings. The van der Waals surface area contributed by atoms with Crippen LogP contribution >= 0.6 is 12.2 Å². The molecule has 0 saturated heterocycles. The Kier molecular flexibility index (Phi) is 5.29. The van der Waals surface area contributed by atoms with Gasteiger partial charge in [0.1, 0.15) is 11.9 Å². The van der Waals surface area contributed by atoms with Gasteiger partial charge in [0.15, 0.2) is 10.8 Å². The van der Waals surface area contributed by atoms with E-state index in [-0.39, 0.29) is 16.4 Å². The number of thiocarbonyl (C=S) groups is 1. The summed E-state index contributed by atoms with van der Waals surface area (Å²) in [5, 5.41) is 13.0. The first kappa shape index (κ1) is 18.3. The van der Waals surface area contributed by atoms with Gasteiger partial charge < -0.3 is 5.32 Å². The lowest BCUT2D eigenvalue weighted by Crippen LogP contribution is -2.34. The number of hydrogen-bond acceptors (Lipinski definition) is 4. The molecular formula is C15H8F4N4OS. The topological polar surface area (TPSA) is 77.8 Å². The van der Waals surface area contributed by atoms with Crippen LogP contribution in [0.1, 0.15) is 21.6 Å². The lowest BCUT2D eigenvalue weighted by Gasteiger charge is -2.12. The Hall–Kier alpha value is -3.06. The third kappa shape index (κ3) is 4.71. The summed E-state index contributed by atoms with van der Waals surface area (Å²) in [4.78, 5) is 15.3. The van der Waals surface area contributed by atoms with Crippen LogP contribution in [0.25, 0.3) is 0 Å². The molecule has 0 atom stereocenters. The van der Waals surface area contributed by atoms with Gasteiger partial charge in [-0.3, -0.25) is 10.1 Å². The minimum Gasteiger partial charge on any atom is -0.331 e. The van der Waals surface area contributed by atoms with E-state index >= 15 is 0 Å². The third-order valence-corrected chi connectivity index (χ3v) is 3.09. The largest absolute Gasteiger partial charge is 0.419 e. The van der Waals surface area contributed by atoms with Gasteiger partial charge in [0, 0.05) is 5.56 Å². The molecule has 0 spiro atoms. The van der Waals surface area contributed by atoms with Crippen LogP contribution in [0.4, 0.5) is 23.2 Å². The highest BCUT2D eigenvalue weighted by atomic mass is 32.1. The molecule has 1 aromatic carbocycles. The maximum absolute atomic E-state index is 12.9. The van der Waals surface area contributed by atoms with E-state index in [1.807, 2.05) is 0 Å². The van der Waals surface area contributed by atoms with Crippen molar-refractivity contribution in [3.05, 3.63) is 59.2 Å². The molecule has 25 heavy (non-hydrogen) atoms. The molecule has 0 saturated carbocycles. The Bertz CT molecular complexity index is 859. The van der Waals surface area contributed by atoms with Crippen molar-refractivity contribution in [1.82, 2.24) is 10.3 Å². The van der Waals surface area contributed by atoms with E-state index in [0.717, 1.165) is 18.3 Å². The summed E-state index contributed by atoms with van der Waals surface area (Å²) in [7, 11) is 0. The number of halogens is 4. The van der Waals surface area contributed by atoms with Crippen molar-refractivity contribution in [3.63, 3.8) is 0 Å². The number of aromatic nitrogens is 1. The number of carbonyl (C=O) groups excluding carboxylic acids is 1. The summed E-state index contributed by atoms with van der Waals surface area (Å²) in [5.74, 6) is -1.20. The molecule has 0 aliphatic carbocycles. The van der Waals surface area contributed by atoms with Gasteiger partial charge in [0.2, 0.25) is 0 Å². The Balaban J connectivity index is 2.11. The number of carbonyl (C=O) groups is 1. The predicted molar refractivity (Wildman–Crippen MR) is 84.0 cm³/mol. The van der Waals surface area contributed by atoms with E-state index in [1.165, 1.54) is 18.2 Å². The number of alkyl halides is 3. The maximum Gasteiger partial charge on any atom is 0.419 e.